The van der Waals surface area contributed by atoms with Crippen molar-refractivity contribution in [3.63, 3.8) is 0 Å². The molecule has 5 rings (SSSR count). The van der Waals surface area contributed by atoms with Gasteiger partial charge in [0.2, 0.25) is 0 Å². The first-order chi connectivity index (χ1) is 10.7. The predicted octanol–water partition coefficient (Wildman–Crippen LogP) is 3.02. The third-order valence-electron chi connectivity index (χ3n) is 6.60. The van der Waals surface area contributed by atoms with Crippen molar-refractivity contribution in [2.24, 2.45) is 34.1 Å². The average Bonchev–Trinajstić information content (AvgIpc) is 2.99. The van der Waals surface area contributed by atoms with E-state index in [9.17, 15) is 0 Å². The van der Waals surface area contributed by atoms with Crippen molar-refractivity contribution >= 4 is 29.9 Å². The molecule has 132 valence electrons. The van der Waals surface area contributed by atoms with Gasteiger partial charge in [0.15, 0.2) is 5.96 Å². The molecular weight excluding hydrogens is 401 g/mol. The highest BCUT2D eigenvalue weighted by atomic mass is 127. The van der Waals surface area contributed by atoms with Crippen molar-refractivity contribution in [2.75, 3.05) is 33.4 Å². The SMILES string of the molecule is CN=C(NCC1CCOC1)NCC12CC3CC(CC(C3)C1)C2.I. The summed E-state index contributed by atoms with van der Waals surface area (Å²) in [5.41, 5.74) is 0.572. The van der Waals surface area contributed by atoms with Gasteiger partial charge in [-0.1, -0.05) is 0 Å². The van der Waals surface area contributed by atoms with Gasteiger partial charge in [-0.25, -0.2) is 0 Å². The number of aliphatic imine (C=N–C) groups is 1. The number of hydrogen-bond acceptors (Lipinski definition) is 2. The van der Waals surface area contributed by atoms with Gasteiger partial charge in [0, 0.05) is 32.7 Å². The molecule has 1 unspecified atom stereocenters. The monoisotopic (exact) mass is 433 g/mol. The molecule has 5 heteroatoms. The minimum absolute atomic E-state index is 0. The molecule has 4 aliphatic carbocycles. The summed E-state index contributed by atoms with van der Waals surface area (Å²) in [5.74, 6) is 4.72. The van der Waals surface area contributed by atoms with Crippen LogP contribution in [0.2, 0.25) is 0 Å². The van der Waals surface area contributed by atoms with E-state index in [0.717, 1.165) is 50.0 Å². The lowest BCUT2D eigenvalue weighted by Crippen LogP contribution is -2.52. The number of nitrogens with zero attached hydrogens (tertiary/aromatic N) is 1. The zero-order valence-corrected chi connectivity index (χ0v) is 16.7. The van der Waals surface area contributed by atoms with Crippen LogP contribution in [0.4, 0.5) is 0 Å². The van der Waals surface area contributed by atoms with Gasteiger partial charge in [-0.05, 0) is 68.1 Å². The first kappa shape index (κ1) is 17.8. The highest BCUT2D eigenvalue weighted by molar-refractivity contribution is 14.0. The fraction of sp³-hybridized carbons (Fsp3) is 0.944. The van der Waals surface area contributed by atoms with Gasteiger partial charge in [-0.15, -0.1) is 24.0 Å². The van der Waals surface area contributed by atoms with Gasteiger partial charge >= 0.3 is 0 Å². The van der Waals surface area contributed by atoms with Crippen molar-refractivity contribution in [1.29, 1.82) is 0 Å². The van der Waals surface area contributed by atoms with Crippen molar-refractivity contribution in [1.82, 2.24) is 10.6 Å². The molecule has 0 radical (unpaired) electrons. The molecule has 1 heterocycles. The van der Waals surface area contributed by atoms with Crippen LogP contribution in [-0.2, 0) is 4.74 Å². The maximum absolute atomic E-state index is 5.45. The molecular formula is C18H32IN3O. The predicted molar refractivity (Wildman–Crippen MR) is 104 cm³/mol. The number of rotatable bonds is 4. The second-order valence-electron chi connectivity index (χ2n) is 8.45. The molecule has 5 aliphatic rings. The van der Waals surface area contributed by atoms with Crippen LogP contribution in [0.5, 0.6) is 0 Å². The molecule has 23 heavy (non-hydrogen) atoms. The van der Waals surface area contributed by atoms with Gasteiger partial charge in [0.05, 0.1) is 6.61 Å². The van der Waals surface area contributed by atoms with Crippen LogP contribution < -0.4 is 10.6 Å². The van der Waals surface area contributed by atoms with Crippen LogP contribution >= 0.6 is 24.0 Å². The number of hydrogen-bond donors (Lipinski definition) is 2. The zero-order valence-electron chi connectivity index (χ0n) is 14.4. The molecule has 1 atom stereocenters. The minimum Gasteiger partial charge on any atom is -0.381 e. The Balaban J connectivity index is 0.00000156. The minimum atomic E-state index is 0. The summed E-state index contributed by atoms with van der Waals surface area (Å²) in [7, 11) is 1.89. The standard InChI is InChI=1S/C18H31N3O.HI/c1-19-17(20-10-13-2-3-22-11-13)21-12-18-7-14-4-15(8-18)6-16(5-14)9-18;/h13-16H,2-12H2,1H3,(H2,19,20,21);1H. The van der Waals surface area contributed by atoms with Crippen LogP contribution in [-0.4, -0.2) is 39.3 Å². The lowest BCUT2D eigenvalue weighted by atomic mass is 9.49. The summed E-state index contributed by atoms with van der Waals surface area (Å²) in [6.07, 6.45) is 10.1. The Labute approximate surface area is 157 Å². The second-order valence-corrected chi connectivity index (χ2v) is 8.45. The Morgan fingerprint density at radius 2 is 1.74 bits per heavy atom. The summed E-state index contributed by atoms with van der Waals surface area (Å²) < 4.78 is 5.45. The molecule has 0 aromatic carbocycles. The zero-order chi connectivity index (χ0) is 15.0. The summed E-state index contributed by atoms with van der Waals surface area (Å²) >= 11 is 0. The molecule has 5 fully saturated rings. The Kier molecular flexibility index (Phi) is 5.76. The van der Waals surface area contributed by atoms with Gasteiger partial charge in [-0.3, -0.25) is 4.99 Å². The lowest BCUT2D eigenvalue weighted by molar-refractivity contribution is -0.0492. The van der Waals surface area contributed by atoms with Crippen LogP contribution in [0.15, 0.2) is 4.99 Å². The van der Waals surface area contributed by atoms with Gasteiger partial charge in [-0.2, -0.15) is 0 Å². The molecule has 0 aromatic heterocycles. The fourth-order valence-electron chi connectivity index (χ4n) is 5.98. The smallest absolute Gasteiger partial charge is 0.191 e. The van der Waals surface area contributed by atoms with E-state index < -0.39 is 0 Å². The van der Waals surface area contributed by atoms with Crippen molar-refractivity contribution in [2.45, 2.75) is 44.9 Å². The number of ether oxygens (including phenoxy) is 1. The van der Waals surface area contributed by atoms with E-state index in [4.69, 9.17) is 4.74 Å². The van der Waals surface area contributed by atoms with E-state index in [0.29, 0.717) is 11.3 Å². The quantitative estimate of drug-likeness (QED) is 0.407. The molecule has 2 N–H and O–H groups in total. The maximum atomic E-state index is 5.45. The first-order valence-electron chi connectivity index (χ1n) is 9.27. The van der Waals surface area contributed by atoms with Crippen LogP contribution in [0.3, 0.4) is 0 Å². The van der Waals surface area contributed by atoms with E-state index >= 15 is 0 Å². The number of guanidine groups is 1. The average molecular weight is 433 g/mol. The fourth-order valence-corrected chi connectivity index (χ4v) is 5.98. The van der Waals surface area contributed by atoms with Crippen molar-refractivity contribution < 1.29 is 4.74 Å². The van der Waals surface area contributed by atoms with Gasteiger partial charge < -0.3 is 15.4 Å². The molecule has 4 nitrogen and oxygen atoms in total. The molecule has 0 amide bonds. The number of nitrogens with one attached hydrogen (secondary N) is 2. The van der Waals surface area contributed by atoms with Crippen LogP contribution in [0.1, 0.15) is 44.9 Å². The Morgan fingerprint density at radius 3 is 2.26 bits per heavy atom. The Hall–Kier alpha value is -0.0400. The van der Waals surface area contributed by atoms with Crippen LogP contribution in [0.25, 0.3) is 0 Å². The molecule has 0 aromatic rings. The second kappa shape index (κ2) is 7.46. The highest BCUT2D eigenvalue weighted by Crippen LogP contribution is 2.59. The normalized spacial score (nSPS) is 41.7. The summed E-state index contributed by atoms with van der Waals surface area (Å²) in [6, 6.07) is 0. The molecule has 1 aliphatic heterocycles. The molecule has 4 bridgehead atoms. The Morgan fingerprint density at radius 1 is 1.09 bits per heavy atom. The van der Waals surface area contributed by atoms with E-state index in [-0.39, 0.29) is 24.0 Å². The van der Waals surface area contributed by atoms with Crippen molar-refractivity contribution in [3.05, 3.63) is 0 Å². The third kappa shape index (κ3) is 3.97. The van der Waals surface area contributed by atoms with E-state index in [1.165, 1.54) is 44.9 Å². The summed E-state index contributed by atoms with van der Waals surface area (Å²) in [5, 5.41) is 7.15. The summed E-state index contributed by atoms with van der Waals surface area (Å²) in [4.78, 5) is 4.42. The maximum Gasteiger partial charge on any atom is 0.191 e. The molecule has 0 spiro atoms. The van der Waals surface area contributed by atoms with Gasteiger partial charge in [0.25, 0.3) is 0 Å². The molecule has 1 saturated heterocycles. The lowest BCUT2D eigenvalue weighted by Gasteiger charge is -2.57. The largest absolute Gasteiger partial charge is 0.381 e. The topological polar surface area (TPSA) is 45.7 Å². The Bertz CT molecular complexity index is 399. The highest BCUT2D eigenvalue weighted by Gasteiger charge is 2.50. The first-order valence-corrected chi connectivity index (χ1v) is 9.27. The number of halogens is 1. The van der Waals surface area contributed by atoms with E-state index in [1.807, 2.05) is 7.05 Å². The van der Waals surface area contributed by atoms with Gasteiger partial charge in [0.1, 0.15) is 0 Å². The van der Waals surface area contributed by atoms with Crippen molar-refractivity contribution in [3.8, 4) is 0 Å². The van der Waals surface area contributed by atoms with Crippen LogP contribution in [0, 0.1) is 29.1 Å². The van der Waals surface area contributed by atoms with E-state index in [1.54, 1.807) is 0 Å². The molecule has 4 saturated carbocycles. The summed E-state index contributed by atoms with van der Waals surface area (Å²) in [6.45, 7) is 3.93. The third-order valence-corrected chi connectivity index (χ3v) is 6.60. The van der Waals surface area contributed by atoms with E-state index in [2.05, 4.69) is 15.6 Å².